The molecule has 1 unspecified atom stereocenters. The first-order valence-corrected chi connectivity index (χ1v) is 8.00. The van der Waals surface area contributed by atoms with Gasteiger partial charge < -0.3 is 15.8 Å². The number of likely N-dealkylation sites (N-methyl/N-ethyl adjacent to an activating group) is 1. The van der Waals surface area contributed by atoms with Gasteiger partial charge in [0.15, 0.2) is 0 Å². The maximum Gasteiger partial charge on any atom is 0.252 e. The molecule has 6 heteroatoms. The van der Waals surface area contributed by atoms with Gasteiger partial charge >= 0.3 is 0 Å². The highest BCUT2D eigenvalue weighted by molar-refractivity contribution is 7.10. The molecular formula is C15H21N3O2S. The summed E-state index contributed by atoms with van der Waals surface area (Å²) in [6.45, 7) is 6.58. The summed E-state index contributed by atoms with van der Waals surface area (Å²) in [6, 6.07) is 1.79. The Bertz CT molecular complexity index is 533. The summed E-state index contributed by atoms with van der Waals surface area (Å²) < 4.78 is 5.66. The average Bonchev–Trinajstić information content (AvgIpc) is 2.99. The zero-order chi connectivity index (χ0) is 15.1. The van der Waals surface area contributed by atoms with Crippen LogP contribution in [-0.2, 0) is 4.74 Å². The number of rotatable bonds is 4. The lowest BCUT2D eigenvalue weighted by atomic mass is 10.2. The van der Waals surface area contributed by atoms with Crippen LogP contribution in [0, 0.1) is 11.8 Å². The molecule has 2 rings (SSSR count). The molecule has 0 saturated carbocycles. The van der Waals surface area contributed by atoms with Crippen LogP contribution in [0.25, 0.3) is 0 Å². The predicted molar refractivity (Wildman–Crippen MR) is 84.4 cm³/mol. The van der Waals surface area contributed by atoms with Crippen LogP contribution >= 0.6 is 11.3 Å². The number of carbonyl (C=O) groups excluding carboxylic acids is 1. The molecule has 1 aliphatic heterocycles. The molecule has 1 saturated heterocycles. The highest BCUT2D eigenvalue weighted by atomic mass is 32.1. The van der Waals surface area contributed by atoms with Gasteiger partial charge in [0.1, 0.15) is 0 Å². The molecule has 3 N–H and O–H groups in total. The molecule has 0 aromatic carbocycles. The van der Waals surface area contributed by atoms with Gasteiger partial charge in [0, 0.05) is 25.0 Å². The van der Waals surface area contributed by atoms with Crippen molar-refractivity contribution in [1.82, 2.24) is 10.2 Å². The van der Waals surface area contributed by atoms with E-state index in [1.165, 1.54) is 11.3 Å². The second kappa shape index (κ2) is 8.15. The zero-order valence-corrected chi connectivity index (χ0v) is 13.0. The molecule has 1 amide bonds. The molecule has 2 heterocycles. The van der Waals surface area contributed by atoms with Crippen LogP contribution < -0.4 is 11.1 Å². The maximum absolute atomic E-state index is 12.1. The van der Waals surface area contributed by atoms with Crippen LogP contribution in [-0.4, -0.2) is 56.2 Å². The van der Waals surface area contributed by atoms with E-state index in [4.69, 9.17) is 10.5 Å². The van der Waals surface area contributed by atoms with E-state index in [0.29, 0.717) is 18.7 Å². The number of hydrogen-bond acceptors (Lipinski definition) is 5. The van der Waals surface area contributed by atoms with E-state index >= 15 is 0 Å². The van der Waals surface area contributed by atoms with E-state index < -0.39 is 0 Å². The summed E-state index contributed by atoms with van der Waals surface area (Å²) >= 11 is 1.45. The summed E-state index contributed by atoms with van der Waals surface area (Å²) in [7, 11) is 0. The first-order chi connectivity index (χ1) is 10.2. The summed E-state index contributed by atoms with van der Waals surface area (Å²) in [5.74, 6) is 5.63. The van der Waals surface area contributed by atoms with Crippen molar-refractivity contribution in [2.45, 2.75) is 13.0 Å². The van der Waals surface area contributed by atoms with E-state index in [9.17, 15) is 4.79 Å². The molecule has 1 aromatic heterocycles. The fraction of sp³-hybridized carbons (Fsp3) is 0.533. The Balaban J connectivity index is 1.82. The Kier molecular flexibility index (Phi) is 6.21. The standard InChI is InChI=1S/C15H21N3O2S/c1-2-18-6-7-20-13(10-18)9-17-15(19)12-8-14(21-11-12)4-3-5-16/h8,11,13H,2,5-7,9-10,16H2,1H3,(H,17,19). The molecule has 114 valence electrons. The summed E-state index contributed by atoms with van der Waals surface area (Å²) in [4.78, 5) is 15.3. The zero-order valence-electron chi connectivity index (χ0n) is 12.2. The molecule has 1 atom stereocenters. The number of nitrogens with zero attached hydrogens (tertiary/aromatic N) is 1. The SMILES string of the molecule is CCN1CCOC(CNC(=O)c2csc(C#CCN)c2)C1. The normalized spacial score (nSPS) is 18.9. The minimum atomic E-state index is -0.0794. The molecule has 0 aliphatic carbocycles. The third-order valence-electron chi connectivity index (χ3n) is 3.34. The second-order valence-electron chi connectivity index (χ2n) is 4.80. The third kappa shape index (κ3) is 4.83. The number of amides is 1. The fourth-order valence-electron chi connectivity index (χ4n) is 2.16. The molecule has 0 bridgehead atoms. The Morgan fingerprint density at radius 1 is 1.67 bits per heavy atom. The molecule has 1 aliphatic rings. The summed E-state index contributed by atoms with van der Waals surface area (Å²) in [5.41, 5.74) is 5.97. The summed E-state index contributed by atoms with van der Waals surface area (Å²) in [5, 5.41) is 4.74. The molecular weight excluding hydrogens is 286 g/mol. The van der Waals surface area contributed by atoms with Crippen molar-refractivity contribution in [3.05, 3.63) is 21.9 Å². The molecule has 5 nitrogen and oxygen atoms in total. The molecule has 1 aromatic rings. The number of carbonyl (C=O) groups is 1. The van der Waals surface area contributed by atoms with Gasteiger partial charge in [0.05, 0.1) is 29.7 Å². The van der Waals surface area contributed by atoms with Crippen molar-refractivity contribution in [1.29, 1.82) is 0 Å². The average molecular weight is 307 g/mol. The maximum atomic E-state index is 12.1. The van der Waals surface area contributed by atoms with Crippen LogP contribution in [0.1, 0.15) is 22.2 Å². The van der Waals surface area contributed by atoms with Gasteiger partial charge in [-0.1, -0.05) is 18.8 Å². The monoisotopic (exact) mass is 307 g/mol. The van der Waals surface area contributed by atoms with Gasteiger partial charge in [-0.05, 0) is 12.6 Å². The lowest BCUT2D eigenvalue weighted by Crippen LogP contribution is -2.47. The first kappa shape index (κ1) is 16.0. The predicted octanol–water partition coefficient (Wildman–Crippen LogP) is 0.509. The van der Waals surface area contributed by atoms with Crippen molar-refractivity contribution in [3.8, 4) is 11.8 Å². The number of hydrogen-bond donors (Lipinski definition) is 2. The van der Waals surface area contributed by atoms with Crippen LogP contribution in [0.15, 0.2) is 11.4 Å². The first-order valence-electron chi connectivity index (χ1n) is 7.12. The van der Waals surface area contributed by atoms with E-state index in [1.54, 1.807) is 6.07 Å². The number of nitrogens with one attached hydrogen (secondary N) is 1. The van der Waals surface area contributed by atoms with Crippen molar-refractivity contribution in [2.75, 3.05) is 39.3 Å². The smallest absolute Gasteiger partial charge is 0.252 e. The molecule has 0 radical (unpaired) electrons. The number of ether oxygens (including phenoxy) is 1. The Hall–Kier alpha value is -1.39. The minimum absolute atomic E-state index is 0.0674. The van der Waals surface area contributed by atoms with Gasteiger partial charge in [0.2, 0.25) is 0 Å². The van der Waals surface area contributed by atoms with Gasteiger partial charge in [-0.15, -0.1) is 11.3 Å². The topological polar surface area (TPSA) is 67.6 Å². The number of thiophene rings is 1. The van der Waals surface area contributed by atoms with Gasteiger partial charge in [-0.2, -0.15) is 0 Å². The molecule has 0 spiro atoms. The fourth-order valence-corrected chi connectivity index (χ4v) is 2.91. The van der Waals surface area contributed by atoms with Crippen molar-refractivity contribution in [3.63, 3.8) is 0 Å². The lowest BCUT2D eigenvalue weighted by Gasteiger charge is -2.32. The number of morpholine rings is 1. The van der Waals surface area contributed by atoms with Crippen molar-refractivity contribution < 1.29 is 9.53 Å². The van der Waals surface area contributed by atoms with E-state index in [2.05, 4.69) is 29.0 Å². The second-order valence-corrected chi connectivity index (χ2v) is 5.71. The minimum Gasteiger partial charge on any atom is -0.374 e. The Labute approximate surface area is 129 Å². The van der Waals surface area contributed by atoms with Gasteiger partial charge in [-0.25, -0.2) is 0 Å². The van der Waals surface area contributed by atoms with E-state index in [-0.39, 0.29) is 12.0 Å². The quantitative estimate of drug-likeness (QED) is 0.795. The molecule has 21 heavy (non-hydrogen) atoms. The molecule has 1 fully saturated rings. The van der Waals surface area contributed by atoms with Crippen molar-refractivity contribution in [2.24, 2.45) is 5.73 Å². The van der Waals surface area contributed by atoms with Crippen LogP contribution in [0.5, 0.6) is 0 Å². The highest BCUT2D eigenvalue weighted by Crippen LogP contribution is 2.13. The van der Waals surface area contributed by atoms with Gasteiger partial charge in [-0.3, -0.25) is 9.69 Å². The van der Waals surface area contributed by atoms with E-state index in [1.807, 2.05) is 5.38 Å². The van der Waals surface area contributed by atoms with Crippen LogP contribution in [0.2, 0.25) is 0 Å². The Morgan fingerprint density at radius 3 is 3.29 bits per heavy atom. The third-order valence-corrected chi connectivity index (χ3v) is 4.18. The van der Waals surface area contributed by atoms with Crippen LogP contribution in [0.3, 0.4) is 0 Å². The lowest BCUT2D eigenvalue weighted by molar-refractivity contribution is -0.0246. The van der Waals surface area contributed by atoms with Gasteiger partial charge in [0.25, 0.3) is 5.91 Å². The Morgan fingerprint density at radius 2 is 2.52 bits per heavy atom. The highest BCUT2D eigenvalue weighted by Gasteiger charge is 2.20. The largest absolute Gasteiger partial charge is 0.374 e. The van der Waals surface area contributed by atoms with Crippen molar-refractivity contribution >= 4 is 17.2 Å². The summed E-state index contributed by atoms with van der Waals surface area (Å²) in [6.07, 6.45) is 0.0674. The van der Waals surface area contributed by atoms with E-state index in [0.717, 1.165) is 31.1 Å². The number of nitrogens with two attached hydrogens (primary N) is 1. The van der Waals surface area contributed by atoms with Crippen LogP contribution in [0.4, 0.5) is 0 Å².